The number of carbonyl (C=O) groups excluding carboxylic acids is 1. The molecular formula is C21H24ClN3O3S. The molecule has 0 unspecified atom stereocenters. The number of amides is 2. The number of nitrogens with zero attached hydrogens (tertiary/aromatic N) is 1. The highest BCUT2D eigenvalue weighted by atomic mass is 35.5. The molecule has 1 heterocycles. The Morgan fingerprint density at radius 1 is 1.14 bits per heavy atom. The summed E-state index contributed by atoms with van der Waals surface area (Å²) >= 11 is 5.86. The second kappa shape index (κ2) is 7.95. The van der Waals surface area contributed by atoms with Gasteiger partial charge in [0, 0.05) is 30.0 Å². The molecule has 0 radical (unpaired) electrons. The van der Waals surface area contributed by atoms with Crippen LogP contribution in [-0.4, -0.2) is 31.2 Å². The lowest BCUT2D eigenvalue weighted by Crippen LogP contribution is -2.58. The number of pyridine rings is 1. The minimum absolute atomic E-state index is 0.163. The fraction of sp³-hybridized carbons (Fsp3) is 0.429. The van der Waals surface area contributed by atoms with E-state index in [1.54, 1.807) is 30.5 Å². The second-order valence-corrected chi connectivity index (χ2v) is 10.8. The number of urea groups is 1. The van der Waals surface area contributed by atoms with Crippen molar-refractivity contribution in [2.45, 2.75) is 43.2 Å². The fourth-order valence-corrected chi connectivity index (χ4v) is 6.34. The number of sulfone groups is 1. The van der Waals surface area contributed by atoms with E-state index in [2.05, 4.69) is 15.6 Å². The zero-order valence-corrected chi connectivity index (χ0v) is 17.5. The standard InChI is InChI=1S/C21H24ClN3O3S/c22-17-5-3-15(4-6-17)12-24-20(26)25-18-10-21(11-18)8-16(9-21)14-29(27,28)19-2-1-7-23-13-19/h1-7,13,16,18H,8-12,14H2,(H2,24,25,26). The maximum atomic E-state index is 12.5. The lowest BCUT2D eigenvalue weighted by molar-refractivity contribution is -0.0374. The number of halogens is 1. The molecule has 0 aliphatic heterocycles. The summed E-state index contributed by atoms with van der Waals surface area (Å²) in [5.74, 6) is 0.375. The van der Waals surface area contributed by atoms with E-state index < -0.39 is 9.84 Å². The van der Waals surface area contributed by atoms with E-state index in [9.17, 15) is 13.2 Å². The highest BCUT2D eigenvalue weighted by Crippen LogP contribution is 2.59. The van der Waals surface area contributed by atoms with Crippen molar-refractivity contribution in [2.75, 3.05) is 5.75 Å². The van der Waals surface area contributed by atoms with Gasteiger partial charge in [-0.25, -0.2) is 13.2 Å². The first-order chi connectivity index (χ1) is 13.8. The van der Waals surface area contributed by atoms with Crippen LogP contribution in [0.4, 0.5) is 4.79 Å². The van der Waals surface area contributed by atoms with E-state index in [-0.39, 0.29) is 29.2 Å². The molecule has 0 atom stereocenters. The number of hydrogen-bond acceptors (Lipinski definition) is 4. The molecule has 1 spiro atoms. The van der Waals surface area contributed by atoms with Crippen molar-refractivity contribution < 1.29 is 13.2 Å². The number of rotatable bonds is 6. The summed E-state index contributed by atoms with van der Waals surface area (Å²) in [5.41, 5.74) is 1.20. The largest absolute Gasteiger partial charge is 0.335 e. The molecule has 4 rings (SSSR count). The molecule has 2 aliphatic rings. The highest BCUT2D eigenvalue weighted by Gasteiger charge is 2.53. The molecule has 0 saturated heterocycles. The fourth-order valence-electron chi connectivity index (χ4n) is 4.66. The van der Waals surface area contributed by atoms with Crippen molar-refractivity contribution in [3.05, 3.63) is 59.4 Å². The minimum Gasteiger partial charge on any atom is -0.335 e. The van der Waals surface area contributed by atoms with Crippen LogP contribution in [-0.2, 0) is 16.4 Å². The third-order valence-corrected chi connectivity index (χ3v) is 8.07. The molecule has 2 amide bonds. The Hall–Kier alpha value is -2.12. The highest BCUT2D eigenvalue weighted by molar-refractivity contribution is 7.91. The zero-order chi connectivity index (χ0) is 20.5. The van der Waals surface area contributed by atoms with Gasteiger partial charge in [0.05, 0.1) is 10.6 Å². The molecule has 2 N–H and O–H groups in total. The van der Waals surface area contributed by atoms with E-state index in [4.69, 9.17) is 11.6 Å². The van der Waals surface area contributed by atoms with Gasteiger partial charge in [-0.05, 0) is 66.8 Å². The van der Waals surface area contributed by atoms with Crippen molar-refractivity contribution in [3.8, 4) is 0 Å². The molecule has 2 aromatic rings. The van der Waals surface area contributed by atoms with Crippen LogP contribution in [0.25, 0.3) is 0 Å². The van der Waals surface area contributed by atoms with Crippen LogP contribution in [0.3, 0.4) is 0 Å². The second-order valence-electron chi connectivity index (χ2n) is 8.30. The van der Waals surface area contributed by atoms with Gasteiger partial charge in [0.1, 0.15) is 0 Å². The Morgan fingerprint density at radius 3 is 2.52 bits per heavy atom. The maximum Gasteiger partial charge on any atom is 0.315 e. The topological polar surface area (TPSA) is 88.2 Å². The first kappa shape index (κ1) is 20.2. The molecule has 8 heteroatoms. The third-order valence-electron chi connectivity index (χ3n) is 5.95. The van der Waals surface area contributed by atoms with E-state index in [0.717, 1.165) is 31.2 Å². The zero-order valence-electron chi connectivity index (χ0n) is 16.0. The van der Waals surface area contributed by atoms with Gasteiger partial charge >= 0.3 is 6.03 Å². The molecule has 2 saturated carbocycles. The summed E-state index contributed by atoms with van der Waals surface area (Å²) in [4.78, 5) is 16.3. The lowest BCUT2D eigenvalue weighted by Gasteiger charge is -2.57. The molecule has 0 bridgehead atoms. The SMILES string of the molecule is O=C(NCc1ccc(Cl)cc1)NC1CC2(CC(CS(=O)(=O)c3cccnc3)C2)C1. The van der Waals surface area contributed by atoms with E-state index >= 15 is 0 Å². The van der Waals surface area contributed by atoms with Gasteiger partial charge in [-0.15, -0.1) is 0 Å². The Bertz CT molecular complexity index is 966. The minimum atomic E-state index is -3.27. The van der Waals surface area contributed by atoms with Gasteiger partial charge in [0.25, 0.3) is 0 Å². The summed E-state index contributed by atoms with van der Waals surface area (Å²) in [5, 5.41) is 6.54. The van der Waals surface area contributed by atoms with E-state index in [1.807, 2.05) is 12.1 Å². The van der Waals surface area contributed by atoms with E-state index in [1.165, 1.54) is 6.20 Å². The van der Waals surface area contributed by atoms with Crippen LogP contribution in [0.15, 0.2) is 53.7 Å². The van der Waals surface area contributed by atoms with Crippen molar-refractivity contribution in [2.24, 2.45) is 11.3 Å². The number of nitrogens with one attached hydrogen (secondary N) is 2. The predicted molar refractivity (Wildman–Crippen MR) is 111 cm³/mol. The lowest BCUT2D eigenvalue weighted by atomic mass is 9.50. The van der Waals surface area contributed by atoms with Crippen LogP contribution in [0, 0.1) is 11.3 Å². The summed E-state index contributed by atoms with van der Waals surface area (Å²) in [6.07, 6.45) is 6.66. The van der Waals surface area contributed by atoms with Crippen LogP contribution in [0.1, 0.15) is 31.2 Å². The molecule has 1 aromatic heterocycles. The number of hydrogen-bond donors (Lipinski definition) is 2. The van der Waals surface area contributed by atoms with Gasteiger partial charge in [0.15, 0.2) is 9.84 Å². The van der Waals surface area contributed by atoms with Gasteiger partial charge in [0.2, 0.25) is 0 Å². The van der Waals surface area contributed by atoms with Gasteiger partial charge in [-0.2, -0.15) is 0 Å². The Labute approximate surface area is 176 Å². The maximum absolute atomic E-state index is 12.5. The molecule has 1 aromatic carbocycles. The molecule has 29 heavy (non-hydrogen) atoms. The first-order valence-corrected chi connectivity index (χ1v) is 11.8. The van der Waals surface area contributed by atoms with E-state index in [0.29, 0.717) is 16.5 Å². The molecule has 154 valence electrons. The van der Waals surface area contributed by atoms with Crippen LogP contribution in [0.2, 0.25) is 5.02 Å². The number of benzene rings is 1. The average Bonchev–Trinajstić information content (AvgIpc) is 2.65. The van der Waals surface area contributed by atoms with Gasteiger partial charge < -0.3 is 10.6 Å². The van der Waals surface area contributed by atoms with Crippen molar-refractivity contribution in [1.82, 2.24) is 15.6 Å². The quantitative estimate of drug-likeness (QED) is 0.728. The van der Waals surface area contributed by atoms with Gasteiger partial charge in [-0.3, -0.25) is 4.98 Å². The van der Waals surface area contributed by atoms with Crippen molar-refractivity contribution in [3.63, 3.8) is 0 Å². The van der Waals surface area contributed by atoms with Crippen LogP contribution in [0.5, 0.6) is 0 Å². The summed E-state index contributed by atoms with van der Waals surface area (Å²) in [7, 11) is -3.27. The molecule has 6 nitrogen and oxygen atoms in total. The van der Waals surface area contributed by atoms with Crippen molar-refractivity contribution in [1.29, 1.82) is 0 Å². The molecule has 2 aliphatic carbocycles. The Kier molecular flexibility index (Phi) is 5.53. The average molecular weight is 434 g/mol. The number of carbonyl (C=O) groups is 1. The summed E-state index contributed by atoms with van der Waals surface area (Å²) in [6, 6.07) is 10.6. The predicted octanol–water partition coefficient (Wildman–Crippen LogP) is 3.57. The Morgan fingerprint density at radius 2 is 1.86 bits per heavy atom. The molecule has 2 fully saturated rings. The normalized spacial score (nSPS) is 25.7. The number of aromatic nitrogens is 1. The van der Waals surface area contributed by atoms with Gasteiger partial charge in [-0.1, -0.05) is 23.7 Å². The smallest absolute Gasteiger partial charge is 0.315 e. The molecular weight excluding hydrogens is 410 g/mol. The van der Waals surface area contributed by atoms with Crippen LogP contribution < -0.4 is 10.6 Å². The summed E-state index contributed by atoms with van der Waals surface area (Å²) < 4.78 is 24.9. The Balaban J connectivity index is 1.17. The first-order valence-electron chi connectivity index (χ1n) is 9.75. The third kappa shape index (κ3) is 4.73. The van der Waals surface area contributed by atoms with Crippen molar-refractivity contribution >= 4 is 27.5 Å². The summed E-state index contributed by atoms with van der Waals surface area (Å²) in [6.45, 7) is 0.454. The van der Waals surface area contributed by atoms with Crippen LogP contribution >= 0.6 is 11.6 Å². The monoisotopic (exact) mass is 433 g/mol.